The van der Waals surface area contributed by atoms with Crippen LogP contribution in [0.25, 0.3) is 0 Å². The molecule has 0 saturated carbocycles. The Bertz CT molecular complexity index is 679. The van der Waals surface area contributed by atoms with Crippen LogP contribution in [0.3, 0.4) is 0 Å². The number of rotatable bonds is 40. The molecule has 0 fully saturated rings. The molecule has 0 radical (unpaired) electrons. The van der Waals surface area contributed by atoms with Gasteiger partial charge in [0.05, 0.1) is 0 Å². The summed E-state index contributed by atoms with van der Waals surface area (Å²) in [5.74, 6) is 0. The quantitative estimate of drug-likeness (QED) is 0.0154. The summed E-state index contributed by atoms with van der Waals surface area (Å²) in [6.45, 7) is 4.61. The van der Waals surface area contributed by atoms with Gasteiger partial charge < -0.3 is 70.9 Å². The molecule has 0 aliphatic carbocycles. The average molecular weight is 1180 g/mol. The van der Waals surface area contributed by atoms with E-state index in [0.29, 0.717) is 33.8 Å². The van der Waals surface area contributed by atoms with Gasteiger partial charge in [-0.3, -0.25) is 0 Å². The standard InChI is InChI=1S/C36H74O4S9.4CH4S.2Zn/c1-5-7-9-11-14-20-26-32(44-48-42-4)34(28-22-16-13-18-24-30-36(39)40)46-49-45-33(25-19-10-8-6-2)31(43-47-41-3)27-21-15-12-17-23-29-35(37)38;4*1-2;;/h31-40H,5-30H2,1-4H3;4*2H,1H3;;/q;;;;;2*+2/p-4. The van der Waals surface area contributed by atoms with Crippen LogP contribution < -0.4 is 0 Å². The van der Waals surface area contributed by atoms with Crippen molar-refractivity contribution in [2.45, 2.75) is 214 Å². The van der Waals surface area contributed by atoms with Gasteiger partial charge in [0.1, 0.15) is 0 Å². The molecule has 0 rings (SSSR count). The zero-order valence-corrected chi connectivity index (χ0v) is 54.9. The van der Waals surface area contributed by atoms with Crippen molar-refractivity contribution in [1.29, 1.82) is 0 Å². The summed E-state index contributed by atoms with van der Waals surface area (Å²) >= 11 is 16.3. The molecule has 0 aromatic heterocycles. The van der Waals surface area contributed by atoms with E-state index in [0.717, 1.165) is 25.7 Å². The van der Waals surface area contributed by atoms with Crippen molar-refractivity contribution in [3.05, 3.63) is 0 Å². The third kappa shape index (κ3) is 63.6. The normalized spacial score (nSPS) is 12.5. The van der Waals surface area contributed by atoms with Gasteiger partial charge in [-0.15, -0.1) is 0 Å². The summed E-state index contributed by atoms with van der Waals surface area (Å²) in [5, 5.41) is 39.3. The maximum atomic E-state index is 9.18. The first-order valence-corrected chi connectivity index (χ1v) is 35.7. The molecule has 0 heterocycles. The molecular weight excluding hydrogens is 1090 g/mol. The molecule has 352 valence electrons. The number of aliphatic hydroxyl groups excluding tert-OH is 2. The molecule has 4 N–H and O–H groups in total. The molecular formula is C40H86O4S13Zn2. The van der Waals surface area contributed by atoms with E-state index in [2.05, 4.69) is 130 Å². The van der Waals surface area contributed by atoms with Gasteiger partial charge >= 0.3 is 39.0 Å². The van der Waals surface area contributed by atoms with Crippen molar-refractivity contribution >= 4 is 145 Å². The molecule has 4 nitrogen and oxygen atoms in total. The Kier molecular flexibility index (Phi) is 97.0. The fourth-order valence-electron chi connectivity index (χ4n) is 5.79. The smallest absolute Gasteiger partial charge is 0.796 e. The van der Waals surface area contributed by atoms with Crippen LogP contribution in [0.1, 0.15) is 181 Å². The van der Waals surface area contributed by atoms with E-state index in [9.17, 15) is 10.2 Å². The predicted molar refractivity (Wildman–Crippen MR) is 296 cm³/mol. The summed E-state index contributed by atoms with van der Waals surface area (Å²) in [6.07, 6.45) is 39.5. The van der Waals surface area contributed by atoms with Gasteiger partial charge in [-0.25, -0.2) is 0 Å². The van der Waals surface area contributed by atoms with Crippen LogP contribution >= 0.6 is 94.2 Å². The second kappa shape index (κ2) is 72.6. The number of aliphatic hydroxyl groups is 4. The van der Waals surface area contributed by atoms with Crippen molar-refractivity contribution in [2.24, 2.45) is 0 Å². The van der Waals surface area contributed by atoms with E-state index in [-0.39, 0.29) is 39.0 Å². The van der Waals surface area contributed by atoms with Crippen molar-refractivity contribution < 1.29 is 59.4 Å². The summed E-state index contributed by atoms with van der Waals surface area (Å²) in [7, 11) is 18.4. The SMILES string of the molecule is CCCCCCCCC(SSSC)C(CCCCCCCC(O)O)SSSC(CCCCCC)C(CCCCCCCC(O)O)SSSC.C[S-].C[S-].C[S-].C[S-].[Zn+2].[Zn+2]. The molecule has 59 heavy (non-hydrogen) atoms. The van der Waals surface area contributed by atoms with Gasteiger partial charge in [0, 0.05) is 21.0 Å². The predicted octanol–water partition coefficient (Wildman–Crippen LogP) is 15.3. The van der Waals surface area contributed by atoms with E-state index in [1.807, 2.05) is 41.2 Å². The second-order valence-electron chi connectivity index (χ2n) is 13.1. The molecule has 19 heteroatoms. The fraction of sp³-hybridized carbons (Fsp3) is 1.00. The zero-order chi connectivity index (χ0) is 44.2. The van der Waals surface area contributed by atoms with Gasteiger partial charge in [-0.1, -0.05) is 194 Å². The topological polar surface area (TPSA) is 80.9 Å². The number of hydrogen-bond donors (Lipinski definition) is 4. The van der Waals surface area contributed by atoms with Crippen LogP contribution in [0.4, 0.5) is 0 Å². The minimum atomic E-state index is -1.16. The molecule has 0 aromatic rings. The Morgan fingerprint density at radius 2 is 0.525 bits per heavy atom. The molecule has 4 unspecified atom stereocenters. The Morgan fingerprint density at radius 3 is 0.763 bits per heavy atom. The molecule has 4 atom stereocenters. The van der Waals surface area contributed by atoms with Gasteiger partial charge in [0.2, 0.25) is 0 Å². The first-order chi connectivity index (χ1) is 27.9. The molecule has 0 aliphatic heterocycles. The van der Waals surface area contributed by atoms with Crippen LogP contribution in [-0.4, -0.2) is 91.5 Å². The Labute approximate surface area is 450 Å². The van der Waals surface area contributed by atoms with Gasteiger partial charge in [-0.2, -0.15) is 25.0 Å². The van der Waals surface area contributed by atoms with Crippen molar-refractivity contribution in [1.82, 2.24) is 0 Å². The summed E-state index contributed by atoms with van der Waals surface area (Å²) in [6, 6.07) is 0. The third-order valence-corrected chi connectivity index (χ3v) is 22.9. The van der Waals surface area contributed by atoms with Crippen LogP contribution in [-0.2, 0) is 89.5 Å². The Balaban J connectivity index is -0.000000506. The maximum Gasteiger partial charge on any atom is 2.00 e. The third-order valence-electron chi connectivity index (χ3n) is 8.70. The molecule has 0 amide bonds. The molecule has 0 aromatic carbocycles. The second-order valence-corrected chi connectivity index (χ2v) is 26.6. The molecule has 0 aliphatic rings. The summed E-state index contributed by atoms with van der Waals surface area (Å²) in [5.41, 5.74) is 0. The first kappa shape index (κ1) is 78.8. The van der Waals surface area contributed by atoms with E-state index in [1.165, 1.54) is 128 Å². The van der Waals surface area contributed by atoms with E-state index < -0.39 is 12.6 Å². The largest absolute Gasteiger partial charge is 2.00 e. The van der Waals surface area contributed by atoms with Gasteiger partial charge in [0.15, 0.2) is 12.6 Å². The summed E-state index contributed by atoms with van der Waals surface area (Å²) in [4.78, 5) is 0. The minimum absolute atomic E-state index is 0. The van der Waals surface area contributed by atoms with Crippen LogP contribution in [0.2, 0.25) is 0 Å². The minimum Gasteiger partial charge on any atom is -0.796 e. The average Bonchev–Trinajstić information content (AvgIpc) is 3.23. The van der Waals surface area contributed by atoms with Crippen molar-refractivity contribution in [2.75, 3.05) is 37.5 Å². The first-order valence-electron chi connectivity index (χ1n) is 21.0. The van der Waals surface area contributed by atoms with Crippen molar-refractivity contribution in [3.63, 3.8) is 0 Å². The molecule has 0 bridgehead atoms. The van der Waals surface area contributed by atoms with Crippen molar-refractivity contribution in [3.8, 4) is 0 Å². The van der Waals surface area contributed by atoms with Gasteiger partial charge in [0.25, 0.3) is 0 Å². The number of hydrogen-bond acceptors (Lipinski definition) is 17. The maximum absolute atomic E-state index is 9.18. The van der Waals surface area contributed by atoms with Crippen LogP contribution in [0, 0.1) is 0 Å². The van der Waals surface area contributed by atoms with Gasteiger partial charge in [-0.05, 0) is 93.4 Å². The van der Waals surface area contributed by atoms with E-state index in [1.54, 1.807) is 25.0 Å². The zero-order valence-electron chi connectivity index (χ0n) is 38.4. The molecule has 0 spiro atoms. The van der Waals surface area contributed by atoms with E-state index in [4.69, 9.17) is 10.2 Å². The van der Waals surface area contributed by atoms with Crippen LogP contribution in [0.5, 0.6) is 0 Å². The van der Waals surface area contributed by atoms with Crippen LogP contribution in [0.15, 0.2) is 0 Å². The summed E-state index contributed by atoms with van der Waals surface area (Å²) < 4.78 is 0. The Morgan fingerprint density at radius 1 is 0.322 bits per heavy atom. The monoisotopic (exact) mass is 1170 g/mol. The Hall–Kier alpha value is 5.64. The molecule has 0 saturated heterocycles. The fourth-order valence-corrected chi connectivity index (χ4v) is 20.0. The van der Waals surface area contributed by atoms with E-state index >= 15 is 0 Å². The number of unbranched alkanes of at least 4 members (excludes halogenated alkanes) is 16.